The van der Waals surface area contributed by atoms with Crippen LogP contribution in [0.2, 0.25) is 5.02 Å². The molecule has 1 aliphatic rings. The molecule has 0 saturated carbocycles. The molecule has 0 unspecified atom stereocenters. The highest BCUT2D eigenvalue weighted by Gasteiger charge is 2.28. The van der Waals surface area contributed by atoms with Crippen LogP contribution in [0.15, 0.2) is 36.4 Å². The first-order valence-electron chi connectivity index (χ1n) is 11.2. The summed E-state index contributed by atoms with van der Waals surface area (Å²) in [5.74, 6) is 1.45. The van der Waals surface area contributed by atoms with Crippen molar-refractivity contribution in [1.82, 2.24) is 15.1 Å². The van der Waals surface area contributed by atoms with Crippen molar-refractivity contribution in [1.29, 1.82) is 0 Å². The van der Waals surface area contributed by atoms with Gasteiger partial charge in [0.15, 0.2) is 11.5 Å². The van der Waals surface area contributed by atoms with E-state index in [1.807, 2.05) is 49.9 Å². The lowest BCUT2D eigenvalue weighted by Crippen LogP contribution is -2.36. The zero-order valence-corrected chi connectivity index (χ0v) is 19.9. The summed E-state index contributed by atoms with van der Waals surface area (Å²) in [4.78, 5) is 15.4. The molecule has 1 aromatic heterocycles. The number of nitrogens with one attached hydrogen (secondary N) is 1. The molecule has 0 spiro atoms. The van der Waals surface area contributed by atoms with Crippen molar-refractivity contribution in [3.63, 3.8) is 0 Å². The van der Waals surface area contributed by atoms with Gasteiger partial charge in [-0.15, -0.1) is 0 Å². The fourth-order valence-corrected chi connectivity index (χ4v) is 4.23. The highest BCUT2D eigenvalue weighted by Crippen LogP contribution is 2.40. The number of fused-ring (bicyclic) bond motifs is 1. The molecule has 0 radical (unpaired) electrons. The van der Waals surface area contributed by atoms with Crippen molar-refractivity contribution >= 4 is 17.5 Å². The third-order valence-corrected chi connectivity index (χ3v) is 5.71. The summed E-state index contributed by atoms with van der Waals surface area (Å²) in [6, 6.07) is 11.1. The third kappa shape index (κ3) is 4.78. The number of H-pyrrole nitrogens is 1. The first kappa shape index (κ1) is 23.0. The van der Waals surface area contributed by atoms with Crippen molar-refractivity contribution in [3.8, 4) is 28.5 Å². The lowest BCUT2D eigenvalue weighted by atomic mass is 10.00. The summed E-state index contributed by atoms with van der Waals surface area (Å²) in [6.45, 7) is 8.11. The Kier molecular flexibility index (Phi) is 7.08. The van der Waals surface area contributed by atoms with Gasteiger partial charge in [0.1, 0.15) is 0 Å². The minimum Gasteiger partial charge on any atom is -0.490 e. The molecule has 174 valence electrons. The standard InChI is InChI=1S/C25H28ClN3O4/c1-4-31-21-13-17(14-22(32-5-2)24(21)33-6-3)25(30)29-11-10-20-19(15-29)23(28-27-20)16-8-7-9-18(26)12-16/h7-9,12-14H,4-6,10-11,15H2,1-3H3,(H,27,28). The summed E-state index contributed by atoms with van der Waals surface area (Å²) in [7, 11) is 0. The van der Waals surface area contributed by atoms with Gasteiger partial charge < -0.3 is 19.1 Å². The Morgan fingerprint density at radius 3 is 2.39 bits per heavy atom. The van der Waals surface area contributed by atoms with Gasteiger partial charge in [0, 0.05) is 46.9 Å². The number of ether oxygens (including phenoxy) is 3. The van der Waals surface area contributed by atoms with Gasteiger partial charge >= 0.3 is 0 Å². The fourth-order valence-electron chi connectivity index (χ4n) is 4.04. The average molecular weight is 470 g/mol. The van der Waals surface area contributed by atoms with Crippen LogP contribution in [0.25, 0.3) is 11.3 Å². The molecule has 1 amide bonds. The molecule has 2 heterocycles. The van der Waals surface area contributed by atoms with E-state index in [-0.39, 0.29) is 5.91 Å². The van der Waals surface area contributed by atoms with E-state index in [0.29, 0.717) is 67.2 Å². The lowest BCUT2D eigenvalue weighted by Gasteiger charge is -2.28. The number of aromatic amines is 1. The maximum Gasteiger partial charge on any atom is 0.254 e. The first-order valence-corrected chi connectivity index (χ1v) is 11.6. The van der Waals surface area contributed by atoms with Crippen LogP contribution in [-0.4, -0.2) is 47.4 Å². The van der Waals surface area contributed by atoms with Gasteiger partial charge in [-0.1, -0.05) is 23.7 Å². The van der Waals surface area contributed by atoms with Crippen molar-refractivity contribution in [2.75, 3.05) is 26.4 Å². The van der Waals surface area contributed by atoms with Gasteiger partial charge in [0.05, 0.1) is 25.5 Å². The Hall–Kier alpha value is -3.19. The Labute approximate surface area is 198 Å². The van der Waals surface area contributed by atoms with Crippen LogP contribution in [0.3, 0.4) is 0 Å². The third-order valence-electron chi connectivity index (χ3n) is 5.47. The van der Waals surface area contributed by atoms with Crippen LogP contribution in [0.4, 0.5) is 0 Å². The van der Waals surface area contributed by atoms with Gasteiger partial charge in [-0.3, -0.25) is 9.89 Å². The number of hydrogen-bond donors (Lipinski definition) is 1. The summed E-state index contributed by atoms with van der Waals surface area (Å²) < 4.78 is 17.3. The van der Waals surface area contributed by atoms with Crippen molar-refractivity contribution in [2.24, 2.45) is 0 Å². The van der Waals surface area contributed by atoms with Crippen LogP contribution < -0.4 is 14.2 Å². The molecule has 1 aliphatic heterocycles. The van der Waals surface area contributed by atoms with E-state index in [9.17, 15) is 4.79 Å². The molecule has 33 heavy (non-hydrogen) atoms. The van der Waals surface area contributed by atoms with Gasteiger partial charge in [-0.25, -0.2) is 0 Å². The van der Waals surface area contributed by atoms with Gasteiger partial charge in [-0.05, 0) is 45.0 Å². The number of carbonyl (C=O) groups is 1. The quantitative estimate of drug-likeness (QED) is 0.495. The molecule has 0 atom stereocenters. The zero-order chi connectivity index (χ0) is 23.4. The molecule has 0 bridgehead atoms. The molecule has 0 fully saturated rings. The maximum atomic E-state index is 13.5. The van der Waals surface area contributed by atoms with Crippen molar-refractivity contribution < 1.29 is 19.0 Å². The van der Waals surface area contributed by atoms with Crippen LogP contribution in [0.5, 0.6) is 17.2 Å². The minimum atomic E-state index is -0.0937. The smallest absolute Gasteiger partial charge is 0.254 e. The topological polar surface area (TPSA) is 76.7 Å². The van der Waals surface area contributed by atoms with E-state index in [0.717, 1.165) is 22.5 Å². The number of nitrogens with zero attached hydrogens (tertiary/aromatic N) is 2. The number of rotatable bonds is 8. The molecule has 0 saturated heterocycles. The molecule has 7 nitrogen and oxygen atoms in total. The van der Waals surface area contributed by atoms with E-state index in [1.165, 1.54) is 0 Å². The van der Waals surface area contributed by atoms with E-state index in [4.69, 9.17) is 25.8 Å². The highest BCUT2D eigenvalue weighted by molar-refractivity contribution is 6.30. The van der Waals surface area contributed by atoms with Gasteiger partial charge in [0.2, 0.25) is 5.75 Å². The number of carbonyl (C=O) groups excluding carboxylic acids is 1. The number of hydrogen-bond acceptors (Lipinski definition) is 5. The Balaban J connectivity index is 1.65. The number of amides is 1. The van der Waals surface area contributed by atoms with E-state index in [1.54, 1.807) is 12.1 Å². The molecule has 8 heteroatoms. The van der Waals surface area contributed by atoms with E-state index < -0.39 is 0 Å². The minimum absolute atomic E-state index is 0.0937. The molecule has 0 aliphatic carbocycles. The lowest BCUT2D eigenvalue weighted by molar-refractivity contribution is 0.0733. The highest BCUT2D eigenvalue weighted by atomic mass is 35.5. The second-order valence-electron chi connectivity index (χ2n) is 7.62. The predicted octanol–water partition coefficient (Wildman–Crippen LogP) is 5.12. The summed E-state index contributed by atoms with van der Waals surface area (Å²) in [5, 5.41) is 8.28. The van der Waals surface area contributed by atoms with Crippen LogP contribution >= 0.6 is 11.6 Å². The SMILES string of the molecule is CCOc1cc(C(=O)N2CCc3[nH]nc(-c4cccc(Cl)c4)c3C2)cc(OCC)c1OCC. The summed E-state index contributed by atoms with van der Waals surface area (Å²) in [5.41, 5.74) is 4.31. The second kappa shape index (κ2) is 10.2. The van der Waals surface area contributed by atoms with E-state index >= 15 is 0 Å². The summed E-state index contributed by atoms with van der Waals surface area (Å²) in [6.07, 6.45) is 0.697. The van der Waals surface area contributed by atoms with Crippen molar-refractivity contribution in [2.45, 2.75) is 33.7 Å². The fraction of sp³-hybridized carbons (Fsp3) is 0.360. The van der Waals surface area contributed by atoms with Crippen LogP contribution in [-0.2, 0) is 13.0 Å². The Morgan fingerprint density at radius 1 is 1.06 bits per heavy atom. The normalized spacial score (nSPS) is 12.9. The molecular formula is C25H28ClN3O4. The van der Waals surface area contributed by atoms with E-state index in [2.05, 4.69) is 10.2 Å². The Morgan fingerprint density at radius 2 is 1.76 bits per heavy atom. The van der Waals surface area contributed by atoms with Crippen molar-refractivity contribution in [3.05, 3.63) is 58.2 Å². The van der Waals surface area contributed by atoms with Gasteiger partial charge in [-0.2, -0.15) is 5.10 Å². The first-order chi connectivity index (χ1) is 16.0. The molecule has 1 N–H and O–H groups in total. The maximum absolute atomic E-state index is 13.5. The van der Waals surface area contributed by atoms with Gasteiger partial charge in [0.25, 0.3) is 5.91 Å². The number of halogens is 1. The second-order valence-corrected chi connectivity index (χ2v) is 8.05. The number of aromatic nitrogens is 2. The molecular weight excluding hydrogens is 442 g/mol. The van der Waals surface area contributed by atoms with Crippen LogP contribution in [0.1, 0.15) is 42.4 Å². The Bertz CT molecular complexity index is 1120. The summed E-state index contributed by atoms with van der Waals surface area (Å²) >= 11 is 6.18. The molecule has 3 aromatic rings. The molecule has 4 rings (SSSR count). The predicted molar refractivity (Wildman–Crippen MR) is 127 cm³/mol. The zero-order valence-electron chi connectivity index (χ0n) is 19.1. The van der Waals surface area contributed by atoms with Crippen LogP contribution in [0, 0.1) is 0 Å². The largest absolute Gasteiger partial charge is 0.490 e. The monoisotopic (exact) mass is 469 g/mol. The average Bonchev–Trinajstić information content (AvgIpc) is 3.24. The number of benzene rings is 2. The molecule has 2 aromatic carbocycles.